The third kappa shape index (κ3) is 4.49. The average molecular weight is 423 g/mol. The lowest BCUT2D eigenvalue weighted by atomic mass is 10.2. The van der Waals surface area contributed by atoms with Crippen LogP contribution in [-0.2, 0) is 11.3 Å². The molecule has 1 aromatic heterocycles. The van der Waals surface area contributed by atoms with Crippen molar-refractivity contribution in [2.75, 3.05) is 19.7 Å². The van der Waals surface area contributed by atoms with Gasteiger partial charge in [0.1, 0.15) is 23.9 Å². The Labute approximate surface area is 181 Å². The quantitative estimate of drug-likeness (QED) is 0.544. The summed E-state index contributed by atoms with van der Waals surface area (Å²) in [7, 11) is 0. The van der Waals surface area contributed by atoms with E-state index in [2.05, 4.69) is 6.58 Å². The summed E-state index contributed by atoms with van der Waals surface area (Å²) in [6.45, 7) is 9.46. The molecular weight excluding hydrogens is 395 g/mol. The second-order valence-electron chi connectivity index (χ2n) is 8.00. The maximum atomic E-state index is 13.8. The monoisotopic (exact) mass is 422 g/mol. The molecule has 4 rings (SSSR count). The summed E-state index contributed by atoms with van der Waals surface area (Å²) < 4.78 is 27.4. The Bertz CT molecular complexity index is 1100. The molecular formula is C25H27FN2O3. The molecule has 2 aromatic carbocycles. The lowest BCUT2D eigenvalue weighted by Crippen LogP contribution is -2.48. The summed E-state index contributed by atoms with van der Waals surface area (Å²) >= 11 is 0. The van der Waals surface area contributed by atoms with Gasteiger partial charge in [-0.2, -0.15) is 0 Å². The fourth-order valence-corrected chi connectivity index (χ4v) is 4.20. The van der Waals surface area contributed by atoms with Gasteiger partial charge in [-0.25, -0.2) is 4.39 Å². The van der Waals surface area contributed by atoms with Crippen LogP contribution in [0.3, 0.4) is 0 Å². The van der Waals surface area contributed by atoms with E-state index in [1.165, 1.54) is 12.1 Å². The van der Waals surface area contributed by atoms with Crippen molar-refractivity contribution in [3.8, 4) is 5.75 Å². The number of hydrogen-bond acceptors (Lipinski definition) is 3. The van der Waals surface area contributed by atoms with E-state index < -0.39 is 0 Å². The van der Waals surface area contributed by atoms with Crippen molar-refractivity contribution in [1.82, 2.24) is 9.47 Å². The zero-order valence-electron chi connectivity index (χ0n) is 17.9. The number of fused-ring (bicyclic) bond motifs is 1. The number of morpholine rings is 1. The van der Waals surface area contributed by atoms with Gasteiger partial charge in [0.15, 0.2) is 0 Å². The number of benzene rings is 2. The van der Waals surface area contributed by atoms with Crippen molar-refractivity contribution in [2.45, 2.75) is 32.6 Å². The molecule has 0 aliphatic carbocycles. The van der Waals surface area contributed by atoms with E-state index >= 15 is 0 Å². The topological polar surface area (TPSA) is 43.7 Å². The number of carbonyl (C=O) groups excluding carboxylic acids is 1. The highest BCUT2D eigenvalue weighted by molar-refractivity contribution is 6.00. The minimum absolute atomic E-state index is 0.0276. The number of rotatable bonds is 6. The van der Waals surface area contributed by atoms with E-state index in [4.69, 9.17) is 9.47 Å². The second kappa shape index (κ2) is 8.94. The van der Waals surface area contributed by atoms with E-state index in [-0.39, 0.29) is 23.9 Å². The van der Waals surface area contributed by atoms with Gasteiger partial charge in [-0.15, -0.1) is 0 Å². The Balaban J connectivity index is 1.80. The third-order valence-corrected chi connectivity index (χ3v) is 5.42. The van der Waals surface area contributed by atoms with Crippen molar-refractivity contribution in [2.24, 2.45) is 0 Å². The molecule has 3 aromatic rings. The maximum Gasteiger partial charge on any atom is 0.270 e. The SMILES string of the molecule is C=CCOc1cccc2c1cc(C(=O)N1C[C@H](C)O[C@@H](C)C1)n2Cc1cccc(F)c1. The van der Waals surface area contributed by atoms with Crippen LogP contribution in [0.2, 0.25) is 0 Å². The Morgan fingerprint density at radius 3 is 2.65 bits per heavy atom. The molecule has 5 nitrogen and oxygen atoms in total. The fourth-order valence-electron chi connectivity index (χ4n) is 4.20. The zero-order valence-corrected chi connectivity index (χ0v) is 17.9. The average Bonchev–Trinajstić information content (AvgIpc) is 3.10. The van der Waals surface area contributed by atoms with Crippen molar-refractivity contribution in [3.63, 3.8) is 0 Å². The van der Waals surface area contributed by atoms with Crippen LogP contribution in [0.5, 0.6) is 5.75 Å². The minimum Gasteiger partial charge on any atom is -0.489 e. The maximum absolute atomic E-state index is 13.8. The molecule has 1 saturated heterocycles. The lowest BCUT2D eigenvalue weighted by molar-refractivity contribution is -0.0588. The van der Waals surface area contributed by atoms with Gasteiger partial charge in [0.25, 0.3) is 5.91 Å². The van der Waals surface area contributed by atoms with Crippen molar-refractivity contribution < 1.29 is 18.7 Å². The van der Waals surface area contributed by atoms with Gasteiger partial charge < -0.3 is 18.9 Å². The zero-order chi connectivity index (χ0) is 22.0. The number of carbonyl (C=O) groups is 1. The molecule has 0 bridgehead atoms. The molecule has 6 heteroatoms. The summed E-state index contributed by atoms with van der Waals surface area (Å²) in [5.74, 6) is 0.324. The fraction of sp³-hybridized carbons (Fsp3) is 0.320. The Morgan fingerprint density at radius 2 is 1.94 bits per heavy atom. The van der Waals surface area contributed by atoms with Crippen LogP contribution < -0.4 is 4.74 Å². The molecule has 2 heterocycles. The Morgan fingerprint density at radius 1 is 1.19 bits per heavy atom. The van der Waals surface area contributed by atoms with E-state index in [1.807, 2.05) is 53.6 Å². The summed E-state index contributed by atoms with van der Waals surface area (Å²) in [4.78, 5) is 15.4. The van der Waals surface area contributed by atoms with Crippen molar-refractivity contribution in [1.29, 1.82) is 0 Å². The minimum atomic E-state index is -0.298. The van der Waals surface area contributed by atoms with E-state index in [1.54, 1.807) is 12.1 Å². The highest BCUT2D eigenvalue weighted by Crippen LogP contribution is 2.31. The smallest absolute Gasteiger partial charge is 0.270 e. The summed E-state index contributed by atoms with van der Waals surface area (Å²) in [6.07, 6.45) is 1.63. The predicted molar refractivity (Wildman–Crippen MR) is 119 cm³/mol. The molecule has 1 fully saturated rings. The summed E-state index contributed by atoms with van der Waals surface area (Å²) in [5.41, 5.74) is 2.20. The second-order valence-corrected chi connectivity index (χ2v) is 8.00. The molecule has 1 aliphatic rings. The highest BCUT2D eigenvalue weighted by Gasteiger charge is 2.29. The van der Waals surface area contributed by atoms with E-state index in [9.17, 15) is 9.18 Å². The molecule has 162 valence electrons. The normalized spacial score (nSPS) is 18.9. The predicted octanol–water partition coefficient (Wildman–Crippen LogP) is 4.64. The van der Waals surface area contributed by atoms with Gasteiger partial charge in [0.2, 0.25) is 0 Å². The van der Waals surface area contributed by atoms with Crippen LogP contribution in [0.4, 0.5) is 4.39 Å². The summed E-state index contributed by atoms with van der Waals surface area (Å²) in [6, 6.07) is 14.1. The van der Waals surface area contributed by atoms with Crippen molar-refractivity contribution >= 4 is 16.8 Å². The number of nitrogens with zero attached hydrogens (tertiary/aromatic N) is 2. The molecule has 2 atom stereocenters. The van der Waals surface area contributed by atoms with E-state index in [0.29, 0.717) is 37.7 Å². The first-order valence-corrected chi connectivity index (χ1v) is 10.5. The lowest BCUT2D eigenvalue weighted by Gasteiger charge is -2.35. The van der Waals surface area contributed by atoms with Crippen LogP contribution in [0.1, 0.15) is 29.9 Å². The van der Waals surface area contributed by atoms with Crippen LogP contribution in [-0.4, -0.2) is 47.3 Å². The van der Waals surface area contributed by atoms with Gasteiger partial charge in [-0.1, -0.05) is 30.9 Å². The number of ether oxygens (including phenoxy) is 2. The van der Waals surface area contributed by atoms with Gasteiger partial charge in [0, 0.05) is 25.0 Å². The molecule has 0 unspecified atom stereocenters. The molecule has 0 N–H and O–H groups in total. The third-order valence-electron chi connectivity index (χ3n) is 5.42. The number of amides is 1. The van der Waals surface area contributed by atoms with Gasteiger partial charge in [-0.05, 0) is 49.7 Å². The summed E-state index contributed by atoms with van der Waals surface area (Å²) in [5, 5.41) is 0.846. The highest BCUT2D eigenvalue weighted by atomic mass is 19.1. The molecule has 0 spiro atoms. The van der Waals surface area contributed by atoms with Gasteiger partial charge in [-0.3, -0.25) is 4.79 Å². The van der Waals surface area contributed by atoms with Crippen LogP contribution in [0, 0.1) is 5.82 Å². The van der Waals surface area contributed by atoms with E-state index in [0.717, 1.165) is 16.5 Å². The van der Waals surface area contributed by atoms with Crippen LogP contribution in [0.25, 0.3) is 10.9 Å². The molecule has 0 radical (unpaired) electrons. The first kappa shape index (κ1) is 21.1. The van der Waals surface area contributed by atoms with Crippen molar-refractivity contribution in [3.05, 3.63) is 78.3 Å². The number of hydrogen-bond donors (Lipinski definition) is 0. The van der Waals surface area contributed by atoms with Gasteiger partial charge in [0.05, 0.1) is 17.7 Å². The Hall–Kier alpha value is -3.12. The molecule has 1 amide bonds. The molecule has 0 saturated carbocycles. The molecule has 31 heavy (non-hydrogen) atoms. The first-order valence-electron chi connectivity index (χ1n) is 10.5. The number of halogens is 1. The standard InChI is InChI=1S/C25H27FN2O3/c1-4-11-30-24-10-6-9-22-21(24)13-23(25(29)27-14-17(2)31-18(3)15-27)28(22)16-19-7-5-8-20(26)12-19/h4-10,12-13,17-18H,1,11,14-16H2,2-3H3/t17-,18-/m0/s1. The largest absolute Gasteiger partial charge is 0.489 e. The number of aromatic nitrogens is 1. The first-order chi connectivity index (χ1) is 15.0. The molecule has 1 aliphatic heterocycles. The van der Waals surface area contributed by atoms with Crippen LogP contribution in [0.15, 0.2) is 61.2 Å². The Kier molecular flexibility index (Phi) is 6.09. The van der Waals surface area contributed by atoms with Gasteiger partial charge >= 0.3 is 0 Å². The van der Waals surface area contributed by atoms with Crippen LogP contribution >= 0.6 is 0 Å².